The monoisotopic (exact) mass is 342 g/mol. The van der Waals surface area contributed by atoms with Crippen LogP contribution in [0.4, 0.5) is 4.39 Å². The van der Waals surface area contributed by atoms with Crippen molar-refractivity contribution in [2.45, 2.75) is 18.9 Å². The van der Waals surface area contributed by atoms with Crippen molar-refractivity contribution in [1.82, 2.24) is 10.2 Å². The molecular weight excluding hydrogens is 319 g/mol. The van der Waals surface area contributed by atoms with Crippen molar-refractivity contribution in [3.8, 4) is 5.75 Å². The average Bonchev–Trinajstić information content (AvgIpc) is 2.67. The summed E-state index contributed by atoms with van der Waals surface area (Å²) in [5, 5.41) is 3.36. The van der Waals surface area contributed by atoms with Crippen molar-refractivity contribution in [2.75, 3.05) is 26.7 Å². The highest BCUT2D eigenvalue weighted by Crippen LogP contribution is 2.30. The molecule has 1 N–H and O–H groups in total. The van der Waals surface area contributed by atoms with Gasteiger partial charge in [-0.25, -0.2) is 4.39 Å². The van der Waals surface area contributed by atoms with Crippen LogP contribution in [0.1, 0.15) is 23.6 Å². The molecule has 2 aromatic carbocycles. The first-order valence-corrected chi connectivity index (χ1v) is 8.56. The Morgan fingerprint density at radius 3 is 2.76 bits per heavy atom. The van der Waals surface area contributed by atoms with Gasteiger partial charge in [0.2, 0.25) is 5.91 Å². The lowest BCUT2D eigenvalue weighted by atomic mass is 10.0. The van der Waals surface area contributed by atoms with Crippen LogP contribution in [0.25, 0.3) is 0 Å². The summed E-state index contributed by atoms with van der Waals surface area (Å²) in [7, 11) is 1.65. The lowest BCUT2D eigenvalue weighted by molar-refractivity contribution is -0.134. The van der Waals surface area contributed by atoms with Gasteiger partial charge in [0.1, 0.15) is 11.6 Å². The molecule has 0 aromatic heterocycles. The van der Waals surface area contributed by atoms with Crippen LogP contribution in [0, 0.1) is 5.82 Å². The molecule has 1 atom stereocenters. The highest BCUT2D eigenvalue weighted by molar-refractivity contribution is 5.77. The van der Waals surface area contributed by atoms with Crippen LogP contribution in [0.5, 0.6) is 5.75 Å². The first kappa shape index (κ1) is 17.4. The van der Waals surface area contributed by atoms with Crippen molar-refractivity contribution in [3.63, 3.8) is 0 Å². The second-order valence-corrected chi connectivity index (χ2v) is 6.18. The van der Waals surface area contributed by atoms with Crippen LogP contribution >= 0.6 is 0 Å². The molecule has 1 aliphatic heterocycles. The van der Waals surface area contributed by atoms with E-state index in [1.54, 1.807) is 19.2 Å². The quantitative estimate of drug-likeness (QED) is 0.908. The molecule has 2 aromatic rings. The van der Waals surface area contributed by atoms with Crippen LogP contribution in [-0.4, -0.2) is 37.6 Å². The molecule has 1 fully saturated rings. The fourth-order valence-electron chi connectivity index (χ4n) is 3.27. The third-order valence-corrected chi connectivity index (χ3v) is 4.60. The Bertz CT molecular complexity index is 718. The van der Waals surface area contributed by atoms with Crippen molar-refractivity contribution >= 4 is 5.91 Å². The number of amides is 1. The molecule has 0 radical (unpaired) electrons. The zero-order chi connectivity index (χ0) is 17.6. The van der Waals surface area contributed by atoms with Crippen LogP contribution in [0.3, 0.4) is 0 Å². The molecule has 0 saturated carbocycles. The fraction of sp³-hybridized carbons (Fsp3) is 0.350. The molecule has 25 heavy (non-hydrogen) atoms. The molecule has 4 nitrogen and oxygen atoms in total. The molecule has 0 aliphatic carbocycles. The maximum absolute atomic E-state index is 13.0. The number of benzene rings is 2. The molecule has 1 unspecified atom stereocenters. The molecular formula is C20H23FN2O2. The normalized spacial score (nSPS) is 17.4. The van der Waals surface area contributed by atoms with E-state index in [0.29, 0.717) is 25.9 Å². The van der Waals surface area contributed by atoms with E-state index in [0.717, 1.165) is 23.4 Å². The van der Waals surface area contributed by atoms with E-state index in [9.17, 15) is 9.18 Å². The topological polar surface area (TPSA) is 41.6 Å². The van der Waals surface area contributed by atoms with E-state index in [-0.39, 0.29) is 17.8 Å². The Morgan fingerprint density at radius 1 is 1.24 bits per heavy atom. The number of carbonyl (C=O) groups is 1. The smallest absolute Gasteiger partial charge is 0.223 e. The SMILES string of the molecule is COc1ccccc1C1CNCCN1C(=O)CCc1ccc(F)cc1. The third-order valence-electron chi connectivity index (χ3n) is 4.60. The molecule has 3 rings (SSSR count). The number of methoxy groups -OCH3 is 1. The molecule has 1 aliphatic rings. The van der Waals surface area contributed by atoms with E-state index in [2.05, 4.69) is 5.32 Å². The maximum Gasteiger partial charge on any atom is 0.223 e. The Morgan fingerprint density at radius 2 is 2.00 bits per heavy atom. The minimum absolute atomic E-state index is 0.0365. The van der Waals surface area contributed by atoms with Gasteiger partial charge in [0, 0.05) is 31.6 Å². The second kappa shape index (κ2) is 8.12. The van der Waals surface area contributed by atoms with E-state index in [1.807, 2.05) is 29.2 Å². The van der Waals surface area contributed by atoms with Crippen LogP contribution < -0.4 is 10.1 Å². The van der Waals surface area contributed by atoms with E-state index in [4.69, 9.17) is 4.74 Å². The van der Waals surface area contributed by atoms with Gasteiger partial charge in [0.05, 0.1) is 13.2 Å². The van der Waals surface area contributed by atoms with Gasteiger partial charge in [-0.05, 0) is 30.2 Å². The first-order chi connectivity index (χ1) is 12.2. The number of nitrogens with one attached hydrogen (secondary N) is 1. The summed E-state index contributed by atoms with van der Waals surface area (Å²) < 4.78 is 18.5. The summed E-state index contributed by atoms with van der Waals surface area (Å²) in [6.45, 7) is 2.17. The van der Waals surface area contributed by atoms with Gasteiger partial charge in [-0.1, -0.05) is 30.3 Å². The summed E-state index contributed by atoms with van der Waals surface area (Å²) in [4.78, 5) is 14.7. The standard InChI is InChI=1S/C20H23FN2O2/c1-25-19-5-3-2-4-17(19)18-14-22-12-13-23(18)20(24)11-8-15-6-9-16(21)10-7-15/h2-7,9-10,18,22H,8,11-14H2,1H3. The maximum atomic E-state index is 13.0. The molecule has 1 heterocycles. The van der Waals surface area contributed by atoms with E-state index in [1.165, 1.54) is 12.1 Å². The molecule has 1 amide bonds. The minimum atomic E-state index is -0.256. The first-order valence-electron chi connectivity index (χ1n) is 8.56. The van der Waals surface area contributed by atoms with E-state index >= 15 is 0 Å². The van der Waals surface area contributed by atoms with Crippen LogP contribution in [0.15, 0.2) is 48.5 Å². The number of aryl methyl sites for hydroxylation is 1. The van der Waals surface area contributed by atoms with Gasteiger partial charge >= 0.3 is 0 Å². The number of piperazine rings is 1. The predicted molar refractivity (Wildman–Crippen MR) is 95.0 cm³/mol. The van der Waals surface area contributed by atoms with E-state index < -0.39 is 0 Å². The van der Waals surface area contributed by atoms with Gasteiger partial charge in [0.15, 0.2) is 0 Å². The van der Waals surface area contributed by atoms with Crippen molar-refractivity contribution in [2.24, 2.45) is 0 Å². The highest BCUT2D eigenvalue weighted by atomic mass is 19.1. The van der Waals surface area contributed by atoms with Crippen LogP contribution in [-0.2, 0) is 11.2 Å². The summed E-state index contributed by atoms with van der Waals surface area (Å²) in [6, 6.07) is 14.1. The second-order valence-electron chi connectivity index (χ2n) is 6.18. The number of carbonyl (C=O) groups excluding carboxylic acids is 1. The molecule has 0 bridgehead atoms. The number of hydrogen-bond acceptors (Lipinski definition) is 3. The number of hydrogen-bond donors (Lipinski definition) is 1. The lowest BCUT2D eigenvalue weighted by Crippen LogP contribution is -2.48. The number of para-hydroxylation sites is 1. The van der Waals surface area contributed by atoms with Gasteiger partial charge < -0.3 is 15.0 Å². The molecule has 132 valence electrons. The molecule has 1 saturated heterocycles. The van der Waals surface area contributed by atoms with Crippen molar-refractivity contribution in [1.29, 1.82) is 0 Å². The Hall–Kier alpha value is -2.40. The summed E-state index contributed by atoms with van der Waals surface area (Å²) in [6.07, 6.45) is 1.03. The third kappa shape index (κ3) is 4.17. The summed E-state index contributed by atoms with van der Waals surface area (Å²) in [5.41, 5.74) is 1.99. The lowest BCUT2D eigenvalue weighted by Gasteiger charge is -2.37. The number of ether oxygens (including phenoxy) is 1. The Kier molecular flexibility index (Phi) is 5.66. The number of nitrogens with zero attached hydrogens (tertiary/aromatic N) is 1. The number of rotatable bonds is 5. The van der Waals surface area contributed by atoms with Gasteiger partial charge in [-0.2, -0.15) is 0 Å². The molecule has 0 spiro atoms. The highest BCUT2D eigenvalue weighted by Gasteiger charge is 2.29. The van der Waals surface area contributed by atoms with Crippen molar-refractivity contribution < 1.29 is 13.9 Å². The molecule has 5 heteroatoms. The zero-order valence-corrected chi connectivity index (χ0v) is 14.4. The summed E-state index contributed by atoms with van der Waals surface area (Å²) in [5.74, 6) is 0.655. The van der Waals surface area contributed by atoms with Gasteiger partial charge in [-0.15, -0.1) is 0 Å². The average molecular weight is 342 g/mol. The largest absolute Gasteiger partial charge is 0.496 e. The van der Waals surface area contributed by atoms with Crippen LogP contribution in [0.2, 0.25) is 0 Å². The Balaban J connectivity index is 1.71. The predicted octanol–water partition coefficient (Wildman–Crippen LogP) is 2.94. The fourth-order valence-corrected chi connectivity index (χ4v) is 3.27. The van der Waals surface area contributed by atoms with Gasteiger partial charge in [0.25, 0.3) is 0 Å². The number of halogens is 1. The Labute approximate surface area is 147 Å². The van der Waals surface area contributed by atoms with Gasteiger partial charge in [-0.3, -0.25) is 4.79 Å². The zero-order valence-electron chi connectivity index (χ0n) is 14.4. The minimum Gasteiger partial charge on any atom is -0.496 e. The summed E-state index contributed by atoms with van der Waals surface area (Å²) >= 11 is 0. The van der Waals surface area contributed by atoms with Crippen molar-refractivity contribution in [3.05, 3.63) is 65.5 Å².